The van der Waals surface area contributed by atoms with Gasteiger partial charge in [-0.2, -0.15) is 0 Å². The van der Waals surface area contributed by atoms with E-state index in [1.807, 2.05) is 23.5 Å². The quantitative estimate of drug-likeness (QED) is 0.178. The van der Waals surface area contributed by atoms with Crippen molar-refractivity contribution in [2.24, 2.45) is 0 Å². The molecule has 16 aromatic rings. The number of thiophene rings is 1. The van der Waals surface area contributed by atoms with Crippen molar-refractivity contribution in [2.45, 2.75) is 0 Å². The van der Waals surface area contributed by atoms with Crippen LogP contribution in [0.5, 0.6) is 0 Å². The lowest BCUT2D eigenvalue weighted by Crippen LogP contribution is -1.94. The summed E-state index contributed by atoms with van der Waals surface area (Å²) in [6, 6.07) is 69.7. The van der Waals surface area contributed by atoms with Crippen LogP contribution in [0.4, 0.5) is 0 Å². The van der Waals surface area contributed by atoms with Crippen molar-refractivity contribution in [3.05, 3.63) is 194 Å². The summed E-state index contributed by atoms with van der Waals surface area (Å²) in [5.41, 5.74) is 14.2. The summed E-state index contributed by atoms with van der Waals surface area (Å²) in [5.74, 6) is 0. The fraction of sp³-hybridized carbons (Fsp3) is 0. The van der Waals surface area contributed by atoms with Crippen LogP contribution in [-0.2, 0) is 0 Å². The molecule has 0 fully saturated rings. The first-order chi connectivity index (χ1) is 32.7. The Bertz CT molecular complexity index is 4780. The smallest absolute Gasteiger partial charge is 0.147 e. The lowest BCUT2D eigenvalue weighted by Gasteiger charge is -2.10. The van der Waals surface area contributed by atoms with Crippen LogP contribution in [0.1, 0.15) is 0 Å². The molecule has 0 bridgehead atoms. The van der Waals surface area contributed by atoms with Crippen molar-refractivity contribution >= 4 is 141 Å². The van der Waals surface area contributed by atoms with E-state index in [1.54, 1.807) is 0 Å². The second kappa shape index (κ2) is 12.6. The van der Waals surface area contributed by atoms with Crippen LogP contribution < -0.4 is 0 Å². The van der Waals surface area contributed by atoms with Gasteiger partial charge in [-0.1, -0.05) is 97.1 Å². The summed E-state index contributed by atoms with van der Waals surface area (Å²) in [7, 11) is 0. The van der Waals surface area contributed by atoms with Gasteiger partial charge in [-0.3, -0.25) is 0 Å². The van der Waals surface area contributed by atoms with Gasteiger partial charge in [-0.25, -0.2) is 0 Å². The summed E-state index contributed by atoms with van der Waals surface area (Å²) in [4.78, 5) is 0. The Kier molecular flexibility index (Phi) is 6.64. The second-order valence-corrected chi connectivity index (χ2v) is 18.6. The topological polar surface area (TPSA) is 49.3 Å². The van der Waals surface area contributed by atoms with Crippen LogP contribution in [0.2, 0.25) is 0 Å². The Morgan fingerprint density at radius 2 is 0.894 bits per heavy atom. The summed E-state index contributed by atoms with van der Waals surface area (Å²) < 4.78 is 27.4. The highest BCUT2D eigenvalue weighted by Crippen LogP contribution is 2.46. The average molecular weight is 861 g/mol. The molecule has 66 heavy (non-hydrogen) atoms. The molecular formula is C60H32N2O3S. The third kappa shape index (κ3) is 4.53. The van der Waals surface area contributed by atoms with Crippen LogP contribution in [0, 0.1) is 0 Å². The van der Waals surface area contributed by atoms with Gasteiger partial charge >= 0.3 is 0 Å². The number of hydrogen-bond donors (Lipinski definition) is 0. The largest absolute Gasteiger partial charge is 0.456 e. The van der Waals surface area contributed by atoms with Crippen LogP contribution in [0.15, 0.2) is 207 Å². The van der Waals surface area contributed by atoms with Crippen molar-refractivity contribution in [3.8, 4) is 22.5 Å². The zero-order chi connectivity index (χ0) is 42.8. The third-order valence-corrected chi connectivity index (χ3v) is 15.3. The van der Waals surface area contributed by atoms with Gasteiger partial charge in [0.05, 0.1) is 32.8 Å². The van der Waals surface area contributed by atoms with E-state index in [9.17, 15) is 0 Å². The summed E-state index contributed by atoms with van der Waals surface area (Å²) in [5, 5.41) is 13.8. The van der Waals surface area contributed by atoms with Crippen molar-refractivity contribution in [1.82, 2.24) is 9.13 Å². The summed E-state index contributed by atoms with van der Waals surface area (Å²) in [6.07, 6.45) is 0. The highest BCUT2D eigenvalue weighted by atomic mass is 32.1. The van der Waals surface area contributed by atoms with Crippen LogP contribution in [0.25, 0.3) is 152 Å². The molecule has 5 nitrogen and oxygen atoms in total. The molecule has 0 amide bonds. The van der Waals surface area contributed by atoms with E-state index in [4.69, 9.17) is 13.3 Å². The molecule has 6 heterocycles. The first-order valence-electron chi connectivity index (χ1n) is 22.3. The second-order valence-electron chi connectivity index (χ2n) is 17.5. The Hall–Kier alpha value is -8.58. The molecule has 6 aromatic heterocycles. The van der Waals surface area contributed by atoms with E-state index in [0.717, 1.165) is 110 Å². The van der Waals surface area contributed by atoms with Crippen LogP contribution >= 0.6 is 11.3 Å². The number of para-hydroxylation sites is 3. The fourth-order valence-electron chi connectivity index (χ4n) is 11.3. The van der Waals surface area contributed by atoms with Crippen molar-refractivity contribution < 1.29 is 13.3 Å². The minimum absolute atomic E-state index is 0.798. The highest BCUT2D eigenvalue weighted by molar-refractivity contribution is 7.26. The van der Waals surface area contributed by atoms with Crippen molar-refractivity contribution in [2.75, 3.05) is 0 Å². The Morgan fingerprint density at radius 3 is 1.74 bits per heavy atom. The van der Waals surface area contributed by atoms with E-state index in [-0.39, 0.29) is 0 Å². The molecule has 0 saturated carbocycles. The predicted octanol–water partition coefficient (Wildman–Crippen LogP) is 17.6. The van der Waals surface area contributed by atoms with E-state index in [1.165, 1.54) is 42.0 Å². The normalized spacial score (nSPS) is 12.5. The molecule has 0 saturated heterocycles. The van der Waals surface area contributed by atoms with E-state index >= 15 is 0 Å². The summed E-state index contributed by atoms with van der Waals surface area (Å²) in [6.45, 7) is 0. The molecule has 16 rings (SSSR count). The molecule has 0 aliphatic carbocycles. The van der Waals surface area contributed by atoms with Gasteiger partial charge < -0.3 is 22.4 Å². The SMILES string of the molecule is c1cc(-c2ccc3oc4c(ccc5oc6ccc(-n7c8ccccc8c8c9oc%10ccccc%10c9ccc87)cc6c54)c3c2)cc(-n2c3ccccc3c3c4sc5ccccc5c4ccc32)c1. The molecule has 0 unspecified atom stereocenters. The molecule has 0 spiro atoms. The Balaban J connectivity index is 0.855. The lowest BCUT2D eigenvalue weighted by molar-refractivity contribution is 0.662. The molecule has 306 valence electrons. The third-order valence-electron chi connectivity index (χ3n) is 14.1. The molecular weight excluding hydrogens is 829 g/mol. The molecule has 0 radical (unpaired) electrons. The van der Waals surface area contributed by atoms with Gasteiger partial charge in [-0.15, -0.1) is 11.3 Å². The Labute approximate surface area is 378 Å². The van der Waals surface area contributed by atoms with Crippen LogP contribution in [0.3, 0.4) is 0 Å². The maximum atomic E-state index is 6.82. The molecule has 0 N–H and O–H groups in total. The van der Waals surface area contributed by atoms with Crippen LogP contribution in [-0.4, -0.2) is 9.13 Å². The molecule has 6 heteroatoms. The fourth-order valence-corrected chi connectivity index (χ4v) is 12.5. The number of fused-ring (bicyclic) bond motifs is 21. The van der Waals surface area contributed by atoms with E-state index < -0.39 is 0 Å². The van der Waals surface area contributed by atoms with Gasteiger partial charge in [0, 0.05) is 74.6 Å². The van der Waals surface area contributed by atoms with E-state index in [0.29, 0.717) is 0 Å². The maximum absolute atomic E-state index is 6.82. The van der Waals surface area contributed by atoms with Gasteiger partial charge in [0.1, 0.15) is 33.5 Å². The first-order valence-corrected chi connectivity index (χ1v) is 23.1. The number of hydrogen-bond acceptors (Lipinski definition) is 4. The minimum Gasteiger partial charge on any atom is -0.456 e. The monoisotopic (exact) mass is 860 g/mol. The molecule has 10 aromatic carbocycles. The highest BCUT2D eigenvalue weighted by Gasteiger charge is 2.22. The standard InChI is InChI=1S/C60H32N2O3S/c1-5-16-46-42(14-1)55-48(25-22-39-37-12-3-7-18-50(37)64-58(39)55)62(46)36-21-28-52-45(32-36)57-53(63-52)29-24-40-44-31-34(20-27-51(44)65-59(40)57)33-10-9-11-35(30-33)61-47-17-6-2-15-43(47)56-49(61)26-23-41-38-13-4-8-19-54(38)66-60(41)56/h1-32H. The Morgan fingerprint density at radius 1 is 0.303 bits per heavy atom. The minimum atomic E-state index is 0.798. The summed E-state index contributed by atoms with van der Waals surface area (Å²) >= 11 is 1.89. The average Bonchev–Trinajstić information content (AvgIpc) is 4.22. The predicted molar refractivity (Wildman–Crippen MR) is 275 cm³/mol. The number of rotatable bonds is 3. The first kappa shape index (κ1) is 34.9. The number of benzene rings is 10. The zero-order valence-electron chi connectivity index (χ0n) is 35.0. The number of furan rings is 3. The molecule has 0 aliphatic rings. The van der Waals surface area contributed by atoms with Gasteiger partial charge in [0.2, 0.25) is 0 Å². The zero-order valence-corrected chi connectivity index (χ0v) is 35.8. The van der Waals surface area contributed by atoms with Gasteiger partial charge in [0.15, 0.2) is 0 Å². The van der Waals surface area contributed by atoms with Gasteiger partial charge in [0.25, 0.3) is 0 Å². The van der Waals surface area contributed by atoms with Crippen molar-refractivity contribution in [1.29, 1.82) is 0 Å². The molecule has 0 aliphatic heterocycles. The van der Waals surface area contributed by atoms with E-state index in [2.05, 4.69) is 191 Å². The lowest BCUT2D eigenvalue weighted by atomic mass is 10.0. The number of aromatic nitrogens is 2. The maximum Gasteiger partial charge on any atom is 0.147 e. The number of nitrogens with zero attached hydrogens (tertiary/aromatic N) is 2. The van der Waals surface area contributed by atoms with Crippen molar-refractivity contribution in [3.63, 3.8) is 0 Å². The molecule has 0 atom stereocenters. The van der Waals surface area contributed by atoms with Gasteiger partial charge in [-0.05, 0) is 108 Å².